The van der Waals surface area contributed by atoms with Gasteiger partial charge in [-0.1, -0.05) is 17.7 Å². The lowest BCUT2D eigenvalue weighted by Gasteiger charge is -2.19. The van der Waals surface area contributed by atoms with Gasteiger partial charge in [-0.25, -0.2) is 4.39 Å². The fourth-order valence-electron chi connectivity index (χ4n) is 1.24. The molecule has 1 aromatic carbocycles. The first-order valence-electron chi connectivity index (χ1n) is 4.67. The molecule has 1 rings (SSSR count). The molecule has 0 radical (unpaired) electrons. The third-order valence-electron chi connectivity index (χ3n) is 2.29. The van der Waals surface area contributed by atoms with Gasteiger partial charge in [-0.3, -0.25) is 0 Å². The zero-order valence-corrected chi connectivity index (χ0v) is 9.91. The zero-order chi connectivity index (χ0) is 12.5. The highest BCUT2D eigenvalue weighted by atomic mass is 35.5. The van der Waals surface area contributed by atoms with Crippen molar-refractivity contribution in [2.45, 2.75) is 32.5 Å². The highest BCUT2D eigenvalue weighted by Gasteiger charge is 2.42. The summed E-state index contributed by atoms with van der Waals surface area (Å²) in [7, 11) is 0. The van der Waals surface area contributed by atoms with Gasteiger partial charge in [0.1, 0.15) is 5.75 Å². The fraction of sp³-hybridized carbons (Fsp3) is 0.455. The van der Waals surface area contributed by atoms with E-state index in [9.17, 15) is 13.2 Å². The molecular formula is C11H12ClF3O. The van der Waals surface area contributed by atoms with E-state index in [1.807, 2.05) is 6.92 Å². The smallest absolute Gasteiger partial charge is 0.429 e. The summed E-state index contributed by atoms with van der Waals surface area (Å²) in [6.45, 7) is 5.22. The molecule has 1 atom stereocenters. The molecule has 0 N–H and O–H groups in total. The lowest BCUT2D eigenvalue weighted by Crippen LogP contribution is -2.33. The van der Waals surface area contributed by atoms with Crippen molar-refractivity contribution in [3.63, 3.8) is 0 Å². The minimum Gasteiger partial charge on any atom is -0.429 e. The van der Waals surface area contributed by atoms with E-state index in [4.69, 9.17) is 11.6 Å². The number of ether oxygens (including phenoxy) is 1. The van der Waals surface area contributed by atoms with Gasteiger partial charge in [0.25, 0.3) is 5.63 Å². The average molecular weight is 253 g/mol. The van der Waals surface area contributed by atoms with Crippen molar-refractivity contribution >= 4 is 11.6 Å². The second-order valence-corrected chi connectivity index (χ2v) is 4.05. The second kappa shape index (κ2) is 4.53. The molecule has 0 aromatic heterocycles. The summed E-state index contributed by atoms with van der Waals surface area (Å²) in [6.07, 6.45) is -4.02. The van der Waals surface area contributed by atoms with Crippen molar-refractivity contribution in [1.82, 2.24) is 0 Å². The van der Waals surface area contributed by atoms with E-state index in [0.29, 0.717) is 5.56 Å². The van der Waals surface area contributed by atoms with Crippen LogP contribution in [0, 0.1) is 20.8 Å². The lowest BCUT2D eigenvalue weighted by atomic mass is 10.1. The Morgan fingerprint density at radius 1 is 1.12 bits per heavy atom. The van der Waals surface area contributed by atoms with Gasteiger partial charge in [0.05, 0.1) is 0 Å². The van der Waals surface area contributed by atoms with E-state index in [0.717, 1.165) is 11.1 Å². The topological polar surface area (TPSA) is 9.23 Å². The number of benzene rings is 1. The van der Waals surface area contributed by atoms with Crippen molar-refractivity contribution in [2.75, 3.05) is 0 Å². The van der Waals surface area contributed by atoms with Gasteiger partial charge in [-0.15, -0.1) is 0 Å². The number of halogens is 4. The van der Waals surface area contributed by atoms with E-state index < -0.39 is 11.7 Å². The monoisotopic (exact) mass is 252 g/mol. The van der Waals surface area contributed by atoms with Crippen molar-refractivity contribution < 1.29 is 17.9 Å². The second-order valence-electron chi connectivity index (χ2n) is 3.67. The number of aryl methyl sites for hydroxylation is 3. The summed E-state index contributed by atoms with van der Waals surface area (Å²) in [4.78, 5) is 0. The zero-order valence-electron chi connectivity index (χ0n) is 9.15. The van der Waals surface area contributed by atoms with E-state index >= 15 is 0 Å². The molecule has 0 aliphatic heterocycles. The predicted molar refractivity (Wildman–Crippen MR) is 57.0 cm³/mol. The lowest BCUT2D eigenvalue weighted by molar-refractivity contribution is -0.199. The molecule has 0 aliphatic rings. The predicted octanol–water partition coefficient (Wildman–Crippen LogP) is 4.12. The summed E-state index contributed by atoms with van der Waals surface area (Å²) >= 11 is 4.70. The van der Waals surface area contributed by atoms with Crippen molar-refractivity contribution in [3.8, 4) is 5.75 Å². The number of hydrogen-bond acceptors (Lipinski definition) is 1. The van der Waals surface area contributed by atoms with Crippen LogP contribution in [0.5, 0.6) is 5.75 Å². The molecule has 1 aromatic rings. The first-order chi connectivity index (χ1) is 7.24. The normalized spacial score (nSPS) is 13.7. The van der Waals surface area contributed by atoms with E-state index in [-0.39, 0.29) is 5.75 Å². The van der Waals surface area contributed by atoms with Gasteiger partial charge in [-0.05, 0) is 43.5 Å². The number of alkyl halides is 4. The Labute approximate surface area is 97.2 Å². The minimum atomic E-state index is -4.02. The highest BCUT2D eigenvalue weighted by molar-refractivity contribution is 6.20. The molecule has 0 saturated carbocycles. The maximum atomic E-state index is 12.9. The molecule has 0 aliphatic carbocycles. The van der Waals surface area contributed by atoms with E-state index in [1.54, 1.807) is 19.9 Å². The van der Waals surface area contributed by atoms with Crippen LogP contribution in [0.15, 0.2) is 12.1 Å². The van der Waals surface area contributed by atoms with Crippen molar-refractivity contribution in [3.05, 3.63) is 28.8 Å². The van der Waals surface area contributed by atoms with Crippen LogP contribution in [0.3, 0.4) is 0 Å². The van der Waals surface area contributed by atoms with Crippen LogP contribution < -0.4 is 4.74 Å². The van der Waals surface area contributed by atoms with E-state index in [2.05, 4.69) is 4.74 Å². The Balaban J connectivity index is 3.02. The highest BCUT2D eigenvalue weighted by Crippen LogP contribution is 2.31. The van der Waals surface area contributed by atoms with Gasteiger partial charge < -0.3 is 4.74 Å². The summed E-state index contributed by atoms with van der Waals surface area (Å²) in [6, 6.07) is 3.14. The Bertz CT molecular complexity index is 391. The molecule has 90 valence electrons. The van der Waals surface area contributed by atoms with Crippen molar-refractivity contribution in [2.24, 2.45) is 0 Å². The molecule has 0 heterocycles. The number of hydrogen-bond donors (Lipinski definition) is 0. The van der Waals surface area contributed by atoms with Gasteiger partial charge in [-0.2, -0.15) is 8.78 Å². The molecule has 1 nitrogen and oxygen atoms in total. The summed E-state index contributed by atoms with van der Waals surface area (Å²) in [5, 5.41) is 0. The minimum absolute atomic E-state index is 0.0589. The summed E-state index contributed by atoms with van der Waals surface area (Å²) in [5.41, 5.74) is -0.606. The molecular weight excluding hydrogens is 241 g/mol. The maximum Gasteiger partial charge on any atom is 0.444 e. The standard InChI is InChI=1S/C11H12ClF3O/c1-6-4-8(3)9(5-7(6)2)16-11(14,15)10(12)13/h4-5,10H,1-3H3. The molecule has 1 unspecified atom stereocenters. The average Bonchev–Trinajstić information content (AvgIpc) is 2.13. The fourth-order valence-corrected chi connectivity index (χ4v) is 1.28. The number of rotatable bonds is 3. The Hall–Kier alpha value is -0.900. The molecule has 0 spiro atoms. The maximum absolute atomic E-state index is 12.9. The SMILES string of the molecule is Cc1cc(C)c(OC(F)(F)C(F)Cl)cc1C. The third kappa shape index (κ3) is 2.82. The quantitative estimate of drug-likeness (QED) is 0.736. The van der Waals surface area contributed by atoms with Crippen LogP contribution in [-0.4, -0.2) is 11.7 Å². The van der Waals surface area contributed by atoms with Crippen LogP contribution in [0.25, 0.3) is 0 Å². The Kier molecular flexibility index (Phi) is 3.73. The molecule has 0 bridgehead atoms. The largest absolute Gasteiger partial charge is 0.444 e. The summed E-state index contributed by atoms with van der Waals surface area (Å²) in [5.74, 6) is -0.0589. The van der Waals surface area contributed by atoms with Crippen LogP contribution in [0.2, 0.25) is 0 Å². The van der Waals surface area contributed by atoms with E-state index in [1.165, 1.54) is 6.07 Å². The first-order valence-corrected chi connectivity index (χ1v) is 5.10. The molecule has 16 heavy (non-hydrogen) atoms. The molecule has 0 saturated heterocycles. The first kappa shape index (κ1) is 13.2. The molecule has 0 fully saturated rings. The third-order valence-corrected chi connectivity index (χ3v) is 2.55. The van der Waals surface area contributed by atoms with Gasteiger partial charge in [0.2, 0.25) is 0 Å². The van der Waals surface area contributed by atoms with Gasteiger partial charge >= 0.3 is 6.11 Å². The van der Waals surface area contributed by atoms with Crippen LogP contribution in [0.1, 0.15) is 16.7 Å². The van der Waals surface area contributed by atoms with Crippen LogP contribution >= 0.6 is 11.6 Å². The van der Waals surface area contributed by atoms with Gasteiger partial charge in [0.15, 0.2) is 0 Å². The van der Waals surface area contributed by atoms with Crippen LogP contribution in [-0.2, 0) is 0 Å². The summed E-state index contributed by atoms with van der Waals surface area (Å²) < 4.78 is 42.5. The van der Waals surface area contributed by atoms with Crippen molar-refractivity contribution in [1.29, 1.82) is 0 Å². The molecule has 5 heteroatoms. The van der Waals surface area contributed by atoms with Crippen LogP contribution in [0.4, 0.5) is 13.2 Å². The Morgan fingerprint density at radius 2 is 1.62 bits per heavy atom. The molecule has 0 amide bonds. The Morgan fingerprint density at radius 3 is 2.12 bits per heavy atom. The van der Waals surface area contributed by atoms with Gasteiger partial charge in [0, 0.05) is 0 Å².